The van der Waals surface area contributed by atoms with Crippen molar-refractivity contribution in [3.63, 3.8) is 0 Å². The van der Waals surface area contributed by atoms with Gasteiger partial charge in [0.25, 0.3) is 0 Å². The number of methoxy groups -OCH3 is 3. The van der Waals surface area contributed by atoms with Gasteiger partial charge in [-0.2, -0.15) is 0 Å². The van der Waals surface area contributed by atoms with Gasteiger partial charge in [-0.05, 0) is 13.0 Å². The van der Waals surface area contributed by atoms with E-state index in [9.17, 15) is 0 Å². The Hall–Kier alpha value is 0.900. The van der Waals surface area contributed by atoms with Gasteiger partial charge in [0, 0.05) is 21.3 Å². The van der Waals surface area contributed by atoms with Crippen LogP contribution in [0.4, 0.5) is 0 Å². The lowest BCUT2D eigenvalue weighted by molar-refractivity contribution is -0.881. The van der Waals surface area contributed by atoms with E-state index in [0.717, 1.165) is 24.1 Å². The standard InChI is InChI=1S/C18H38NO6.3BrH/c1-5-6-19(7-10-23-16-13-20-2,8-11-24-17-14-21-3)9-12-25-18-15-22-4;;;/h5-6H,7-18H2,1-4H3;3*1H/q+1;;;. The molecule has 0 atom stereocenters. The summed E-state index contributed by atoms with van der Waals surface area (Å²) in [5, 5.41) is 0. The SMILES string of the molecule is Br.Br.Br.CC=C[N+](CCOCCOC)(CCOCCOC)CCOCCOC. The van der Waals surface area contributed by atoms with Crippen molar-refractivity contribution in [1.82, 2.24) is 0 Å². The fourth-order valence-electron chi connectivity index (χ4n) is 2.35. The molecule has 0 aromatic rings. The topological polar surface area (TPSA) is 55.4 Å². The monoisotopic (exact) mass is 604 g/mol. The van der Waals surface area contributed by atoms with Crippen LogP contribution in [0.5, 0.6) is 0 Å². The van der Waals surface area contributed by atoms with Gasteiger partial charge in [0.05, 0.1) is 65.7 Å². The Kier molecular flexibility index (Phi) is 36.2. The summed E-state index contributed by atoms with van der Waals surface area (Å²) in [4.78, 5) is 0. The molecule has 174 valence electrons. The predicted molar refractivity (Wildman–Crippen MR) is 129 cm³/mol. The van der Waals surface area contributed by atoms with E-state index in [1.54, 1.807) is 21.3 Å². The maximum atomic E-state index is 5.67. The van der Waals surface area contributed by atoms with Crippen LogP contribution in [0.25, 0.3) is 0 Å². The normalized spacial score (nSPS) is 11.0. The lowest BCUT2D eigenvalue weighted by Gasteiger charge is -2.35. The van der Waals surface area contributed by atoms with Crippen LogP contribution < -0.4 is 0 Å². The van der Waals surface area contributed by atoms with E-state index in [-0.39, 0.29) is 50.9 Å². The summed E-state index contributed by atoms with van der Waals surface area (Å²) in [6, 6.07) is 0. The Morgan fingerprint density at radius 3 is 1.11 bits per heavy atom. The van der Waals surface area contributed by atoms with Crippen LogP contribution >= 0.6 is 50.9 Å². The lowest BCUT2D eigenvalue weighted by atomic mass is 10.3. The molecule has 10 heteroatoms. The maximum absolute atomic E-state index is 5.67. The number of ether oxygens (including phenoxy) is 6. The van der Waals surface area contributed by atoms with Gasteiger partial charge in [0.15, 0.2) is 0 Å². The van der Waals surface area contributed by atoms with Crippen molar-refractivity contribution in [2.75, 3.05) is 100 Å². The number of quaternary nitrogens is 1. The molecule has 0 N–H and O–H groups in total. The summed E-state index contributed by atoms with van der Waals surface area (Å²) in [6.07, 6.45) is 4.29. The van der Waals surface area contributed by atoms with Crippen molar-refractivity contribution < 1.29 is 32.9 Å². The maximum Gasteiger partial charge on any atom is 0.107 e. The van der Waals surface area contributed by atoms with Crippen LogP contribution in [-0.2, 0) is 28.4 Å². The van der Waals surface area contributed by atoms with Crippen molar-refractivity contribution in [3.05, 3.63) is 12.3 Å². The van der Waals surface area contributed by atoms with Crippen LogP contribution in [0.1, 0.15) is 6.92 Å². The van der Waals surface area contributed by atoms with E-state index in [2.05, 4.69) is 12.3 Å². The molecule has 0 aliphatic carbocycles. The van der Waals surface area contributed by atoms with E-state index in [0.29, 0.717) is 59.5 Å². The van der Waals surface area contributed by atoms with E-state index in [4.69, 9.17) is 28.4 Å². The largest absolute Gasteiger partial charge is 0.382 e. The molecular formula is C18H41Br3NO6+. The molecule has 0 amide bonds. The van der Waals surface area contributed by atoms with Gasteiger partial charge in [0.1, 0.15) is 19.6 Å². The zero-order valence-electron chi connectivity index (χ0n) is 17.8. The summed E-state index contributed by atoms with van der Waals surface area (Å²) < 4.78 is 32.8. The van der Waals surface area contributed by atoms with Crippen LogP contribution in [0, 0.1) is 0 Å². The fraction of sp³-hybridized carbons (Fsp3) is 0.889. The Morgan fingerprint density at radius 1 is 0.536 bits per heavy atom. The molecule has 0 saturated heterocycles. The van der Waals surface area contributed by atoms with Crippen LogP contribution in [0.3, 0.4) is 0 Å². The molecule has 28 heavy (non-hydrogen) atoms. The molecule has 0 fully saturated rings. The van der Waals surface area contributed by atoms with Crippen molar-refractivity contribution in [1.29, 1.82) is 0 Å². The molecule has 0 aliphatic heterocycles. The Labute approximate surface area is 202 Å². The molecule has 0 bridgehead atoms. The number of hydrogen-bond donors (Lipinski definition) is 0. The van der Waals surface area contributed by atoms with Gasteiger partial charge < -0.3 is 28.4 Å². The molecule has 0 saturated carbocycles. The third-order valence-electron chi connectivity index (χ3n) is 3.80. The zero-order valence-corrected chi connectivity index (χ0v) is 22.9. The van der Waals surface area contributed by atoms with Gasteiger partial charge in [-0.15, -0.1) is 50.9 Å². The van der Waals surface area contributed by atoms with Crippen molar-refractivity contribution in [2.24, 2.45) is 0 Å². The smallest absolute Gasteiger partial charge is 0.107 e. The highest BCUT2D eigenvalue weighted by Gasteiger charge is 2.24. The molecule has 0 spiro atoms. The fourth-order valence-corrected chi connectivity index (χ4v) is 2.35. The quantitative estimate of drug-likeness (QED) is 0.166. The Morgan fingerprint density at radius 2 is 0.857 bits per heavy atom. The van der Waals surface area contributed by atoms with Crippen molar-refractivity contribution >= 4 is 50.9 Å². The molecule has 0 aromatic heterocycles. The van der Waals surface area contributed by atoms with Crippen LogP contribution in [0.15, 0.2) is 12.3 Å². The highest BCUT2D eigenvalue weighted by Crippen LogP contribution is 2.09. The molecule has 0 unspecified atom stereocenters. The second kappa shape index (κ2) is 27.9. The first-order valence-corrected chi connectivity index (χ1v) is 8.94. The number of rotatable bonds is 19. The van der Waals surface area contributed by atoms with Crippen LogP contribution in [0.2, 0.25) is 0 Å². The van der Waals surface area contributed by atoms with Gasteiger partial charge in [-0.1, -0.05) is 0 Å². The minimum absolute atomic E-state index is 0. The lowest BCUT2D eigenvalue weighted by Crippen LogP contribution is -2.49. The summed E-state index contributed by atoms with van der Waals surface area (Å²) >= 11 is 0. The first-order valence-electron chi connectivity index (χ1n) is 8.94. The highest BCUT2D eigenvalue weighted by atomic mass is 79.9. The van der Waals surface area contributed by atoms with Crippen molar-refractivity contribution in [3.8, 4) is 0 Å². The first kappa shape index (κ1) is 36.3. The number of nitrogens with zero attached hydrogens (tertiary/aromatic N) is 1. The number of allylic oxidation sites excluding steroid dienone is 1. The minimum Gasteiger partial charge on any atom is -0.382 e. The van der Waals surface area contributed by atoms with Gasteiger partial charge in [-0.25, -0.2) is 0 Å². The second-order valence-electron chi connectivity index (χ2n) is 5.69. The average Bonchev–Trinajstić information content (AvgIpc) is 2.61. The zero-order chi connectivity index (χ0) is 18.6. The third kappa shape index (κ3) is 21.6. The molecule has 0 aliphatic rings. The number of halogens is 3. The first-order chi connectivity index (χ1) is 12.2. The van der Waals surface area contributed by atoms with Crippen LogP contribution in [-0.4, -0.2) is 105 Å². The molecule has 0 rings (SSSR count). The van der Waals surface area contributed by atoms with E-state index >= 15 is 0 Å². The minimum atomic E-state index is 0. The van der Waals surface area contributed by atoms with Gasteiger partial charge >= 0.3 is 0 Å². The predicted octanol–water partition coefficient (Wildman–Crippen LogP) is 3.06. The summed E-state index contributed by atoms with van der Waals surface area (Å²) in [5.74, 6) is 0. The highest BCUT2D eigenvalue weighted by molar-refractivity contribution is 8.93. The molecule has 0 aromatic carbocycles. The Bertz CT molecular complexity index is 279. The molecular weight excluding hydrogens is 566 g/mol. The molecule has 0 radical (unpaired) electrons. The molecule has 0 heterocycles. The van der Waals surface area contributed by atoms with E-state index in [1.165, 1.54) is 0 Å². The molecule has 7 nitrogen and oxygen atoms in total. The summed E-state index contributed by atoms with van der Waals surface area (Å²) in [5.41, 5.74) is 0. The second-order valence-corrected chi connectivity index (χ2v) is 5.69. The summed E-state index contributed by atoms with van der Waals surface area (Å²) in [6.45, 7) is 10.3. The Balaban J connectivity index is -0.000000960. The van der Waals surface area contributed by atoms with Gasteiger partial charge in [0.2, 0.25) is 0 Å². The summed E-state index contributed by atoms with van der Waals surface area (Å²) in [7, 11) is 5.04. The van der Waals surface area contributed by atoms with Crippen molar-refractivity contribution in [2.45, 2.75) is 6.92 Å². The average molecular weight is 607 g/mol. The third-order valence-corrected chi connectivity index (χ3v) is 3.80. The van der Waals surface area contributed by atoms with Gasteiger partial charge in [-0.3, -0.25) is 4.48 Å². The van der Waals surface area contributed by atoms with E-state index in [1.807, 2.05) is 6.92 Å². The van der Waals surface area contributed by atoms with E-state index < -0.39 is 0 Å². The number of hydrogen-bond acceptors (Lipinski definition) is 6.